The molecule has 1 fully saturated rings. The summed E-state index contributed by atoms with van der Waals surface area (Å²) in [6.45, 7) is 2.84. The van der Waals surface area contributed by atoms with Gasteiger partial charge >= 0.3 is 0 Å². The van der Waals surface area contributed by atoms with E-state index in [9.17, 15) is 8.42 Å². The molecule has 0 unspecified atom stereocenters. The quantitative estimate of drug-likeness (QED) is 0.800. The van der Waals surface area contributed by atoms with Gasteiger partial charge < -0.3 is 4.74 Å². The van der Waals surface area contributed by atoms with E-state index in [0.717, 1.165) is 16.5 Å². The summed E-state index contributed by atoms with van der Waals surface area (Å²) in [5.74, 6) is 0. The summed E-state index contributed by atoms with van der Waals surface area (Å²) in [7, 11) is -3.38. The minimum absolute atomic E-state index is 0.441. The summed E-state index contributed by atoms with van der Waals surface area (Å²) in [6.07, 6.45) is 0.762. The van der Waals surface area contributed by atoms with Crippen LogP contribution >= 0.6 is 15.9 Å². The Morgan fingerprint density at radius 1 is 1.10 bits per heavy atom. The van der Waals surface area contributed by atoms with Crippen molar-refractivity contribution in [3.8, 4) is 0 Å². The summed E-state index contributed by atoms with van der Waals surface area (Å²) in [5, 5.41) is 0. The van der Waals surface area contributed by atoms with Crippen LogP contribution in [-0.2, 0) is 27.9 Å². The van der Waals surface area contributed by atoms with E-state index in [2.05, 4.69) is 22.0 Å². The van der Waals surface area contributed by atoms with Crippen molar-refractivity contribution >= 4 is 26.1 Å². The first-order chi connectivity index (χ1) is 9.59. The molecule has 0 spiro atoms. The van der Waals surface area contributed by atoms with Crippen molar-refractivity contribution in [3.05, 3.63) is 33.8 Å². The van der Waals surface area contributed by atoms with E-state index < -0.39 is 10.2 Å². The number of nitrogens with zero attached hydrogens (tertiary/aromatic N) is 2. The van der Waals surface area contributed by atoms with Crippen LogP contribution in [-0.4, -0.2) is 49.9 Å². The Labute approximate surface area is 127 Å². The number of ether oxygens (including phenoxy) is 1. The van der Waals surface area contributed by atoms with Gasteiger partial charge in [-0.25, -0.2) is 0 Å². The Morgan fingerprint density at radius 2 is 1.85 bits per heavy atom. The number of hydrogen-bond donors (Lipinski definition) is 0. The molecule has 0 atom stereocenters. The third-order valence-electron chi connectivity index (χ3n) is 3.80. The van der Waals surface area contributed by atoms with Gasteiger partial charge in [-0.15, -0.1) is 0 Å². The molecule has 5 nitrogen and oxygen atoms in total. The van der Waals surface area contributed by atoms with Gasteiger partial charge in [-0.05, 0) is 23.6 Å². The number of hydrogen-bond acceptors (Lipinski definition) is 3. The van der Waals surface area contributed by atoms with Crippen molar-refractivity contribution in [2.45, 2.75) is 13.0 Å². The first-order valence-electron chi connectivity index (χ1n) is 6.68. The zero-order chi connectivity index (χ0) is 14.2. The fourth-order valence-electron chi connectivity index (χ4n) is 2.65. The van der Waals surface area contributed by atoms with Crippen LogP contribution in [0.4, 0.5) is 0 Å². The third-order valence-corrected chi connectivity index (χ3v) is 6.53. The second-order valence-corrected chi connectivity index (χ2v) is 7.76. The maximum Gasteiger partial charge on any atom is 0.282 e. The Hall–Kier alpha value is -0.470. The zero-order valence-corrected chi connectivity index (χ0v) is 13.5. The summed E-state index contributed by atoms with van der Waals surface area (Å²) >= 11 is 3.52. The monoisotopic (exact) mass is 360 g/mol. The van der Waals surface area contributed by atoms with Crippen LogP contribution in [0.3, 0.4) is 0 Å². The van der Waals surface area contributed by atoms with E-state index in [1.54, 1.807) is 4.31 Å². The number of morpholine rings is 1. The molecule has 2 aliphatic rings. The Bertz CT molecular complexity index is 600. The van der Waals surface area contributed by atoms with Crippen LogP contribution in [0, 0.1) is 0 Å². The van der Waals surface area contributed by atoms with Gasteiger partial charge in [0, 0.05) is 30.7 Å². The Morgan fingerprint density at radius 3 is 2.60 bits per heavy atom. The van der Waals surface area contributed by atoms with Crippen LogP contribution in [0.5, 0.6) is 0 Å². The lowest BCUT2D eigenvalue weighted by Crippen LogP contribution is -2.49. The van der Waals surface area contributed by atoms with Gasteiger partial charge in [-0.2, -0.15) is 17.0 Å². The fraction of sp³-hybridized carbons (Fsp3) is 0.538. The molecule has 0 amide bonds. The molecule has 110 valence electrons. The molecule has 1 aromatic rings. The lowest BCUT2D eigenvalue weighted by molar-refractivity contribution is 0.0699. The lowest BCUT2D eigenvalue weighted by Gasteiger charge is -2.34. The van der Waals surface area contributed by atoms with Crippen molar-refractivity contribution in [2.75, 3.05) is 32.8 Å². The molecule has 20 heavy (non-hydrogen) atoms. The SMILES string of the molecule is O=S(=O)(N1CCOCC1)N1CCc2cccc(Br)c2C1. The fourth-order valence-corrected chi connectivity index (χ4v) is 4.74. The number of rotatable bonds is 2. The van der Waals surface area contributed by atoms with Gasteiger partial charge in [0.1, 0.15) is 0 Å². The van der Waals surface area contributed by atoms with Gasteiger partial charge in [0.25, 0.3) is 10.2 Å². The Kier molecular flexibility index (Phi) is 4.14. The summed E-state index contributed by atoms with van der Waals surface area (Å²) in [4.78, 5) is 0. The molecule has 3 rings (SSSR count). The van der Waals surface area contributed by atoms with Crippen molar-refractivity contribution in [2.24, 2.45) is 0 Å². The smallest absolute Gasteiger partial charge is 0.282 e. The zero-order valence-electron chi connectivity index (χ0n) is 11.1. The third kappa shape index (κ3) is 2.65. The highest BCUT2D eigenvalue weighted by Gasteiger charge is 2.33. The average molecular weight is 361 g/mol. The van der Waals surface area contributed by atoms with Gasteiger partial charge in [0.15, 0.2) is 0 Å². The second kappa shape index (κ2) is 5.73. The minimum Gasteiger partial charge on any atom is -0.379 e. The van der Waals surface area contributed by atoms with Crippen molar-refractivity contribution in [3.63, 3.8) is 0 Å². The largest absolute Gasteiger partial charge is 0.379 e. The molecule has 0 aromatic heterocycles. The predicted molar refractivity (Wildman–Crippen MR) is 79.6 cm³/mol. The molecular weight excluding hydrogens is 344 g/mol. The molecule has 0 aliphatic carbocycles. The topological polar surface area (TPSA) is 49.9 Å². The van der Waals surface area contributed by atoms with Crippen molar-refractivity contribution < 1.29 is 13.2 Å². The van der Waals surface area contributed by atoms with E-state index in [0.29, 0.717) is 39.4 Å². The summed E-state index contributed by atoms with van der Waals surface area (Å²) < 4.78 is 34.6. The van der Waals surface area contributed by atoms with E-state index in [-0.39, 0.29) is 0 Å². The van der Waals surface area contributed by atoms with E-state index >= 15 is 0 Å². The minimum atomic E-state index is -3.38. The maximum atomic E-state index is 12.6. The summed E-state index contributed by atoms with van der Waals surface area (Å²) in [5.41, 5.74) is 2.31. The second-order valence-electron chi connectivity index (χ2n) is 4.98. The molecule has 0 bridgehead atoms. The highest BCUT2D eigenvalue weighted by Crippen LogP contribution is 2.28. The lowest BCUT2D eigenvalue weighted by atomic mass is 10.0. The predicted octanol–water partition coefficient (Wildman–Crippen LogP) is 1.38. The number of benzene rings is 1. The first kappa shape index (κ1) is 14.5. The van der Waals surface area contributed by atoms with Crippen LogP contribution < -0.4 is 0 Å². The van der Waals surface area contributed by atoms with Crippen molar-refractivity contribution in [1.82, 2.24) is 8.61 Å². The van der Waals surface area contributed by atoms with Crippen LogP contribution in [0.15, 0.2) is 22.7 Å². The van der Waals surface area contributed by atoms with Gasteiger partial charge in [-0.1, -0.05) is 28.1 Å². The van der Waals surface area contributed by atoms with Gasteiger partial charge in [-0.3, -0.25) is 0 Å². The van der Waals surface area contributed by atoms with Crippen LogP contribution in [0.25, 0.3) is 0 Å². The molecule has 0 N–H and O–H groups in total. The molecular formula is C13H17BrN2O3S. The molecule has 0 radical (unpaired) electrons. The molecule has 1 saturated heterocycles. The Balaban J connectivity index is 1.84. The van der Waals surface area contributed by atoms with Gasteiger partial charge in [0.2, 0.25) is 0 Å². The molecule has 1 aromatic carbocycles. The van der Waals surface area contributed by atoms with E-state index in [4.69, 9.17) is 4.74 Å². The number of halogens is 1. The molecule has 2 heterocycles. The standard InChI is InChI=1S/C13H17BrN2O3S/c14-13-3-1-2-11-4-5-16(10-12(11)13)20(17,18)15-6-8-19-9-7-15/h1-3H,4-10H2. The first-order valence-corrected chi connectivity index (χ1v) is 8.87. The highest BCUT2D eigenvalue weighted by atomic mass is 79.9. The summed E-state index contributed by atoms with van der Waals surface area (Å²) in [6, 6.07) is 6.03. The number of fused-ring (bicyclic) bond motifs is 1. The van der Waals surface area contributed by atoms with Crippen LogP contribution in [0.2, 0.25) is 0 Å². The highest BCUT2D eigenvalue weighted by molar-refractivity contribution is 9.10. The van der Waals surface area contributed by atoms with E-state index in [1.165, 1.54) is 9.87 Å². The van der Waals surface area contributed by atoms with Gasteiger partial charge in [0.05, 0.1) is 13.2 Å². The maximum absolute atomic E-state index is 12.6. The average Bonchev–Trinajstić information content (AvgIpc) is 2.48. The van der Waals surface area contributed by atoms with Crippen molar-refractivity contribution in [1.29, 1.82) is 0 Å². The molecule has 7 heteroatoms. The molecule has 2 aliphatic heterocycles. The van der Waals surface area contributed by atoms with E-state index in [1.807, 2.05) is 12.1 Å². The van der Waals surface area contributed by atoms with Crippen LogP contribution in [0.1, 0.15) is 11.1 Å². The normalized spacial score (nSPS) is 21.6. The molecule has 0 saturated carbocycles.